The Morgan fingerprint density at radius 2 is 1.30 bits per heavy atom. The first-order valence-corrected chi connectivity index (χ1v) is 41.2. The number of aromatic hydroxyl groups is 3. The summed E-state index contributed by atoms with van der Waals surface area (Å²) >= 11 is 14.5. The van der Waals surface area contributed by atoms with Crippen LogP contribution in [0, 0.1) is 5.92 Å². The maximum absolute atomic E-state index is 16.4. The number of aliphatic hydroxyl groups excluding tert-OH is 8. The smallest absolute Gasteiger partial charge is 0.330 e. The highest BCUT2D eigenvalue weighted by Gasteiger charge is 2.54. The zero-order valence-corrected chi connectivity index (χ0v) is 69.4. The van der Waals surface area contributed by atoms with Crippen molar-refractivity contribution in [1.82, 2.24) is 42.5 Å². The van der Waals surface area contributed by atoms with Crippen LogP contribution >= 0.6 is 23.2 Å². The maximum atomic E-state index is 16.4. The highest BCUT2D eigenvalue weighted by Crippen LogP contribution is 2.50. The number of nitrogens with one attached hydrogen (secondary N) is 8. The third-order valence-corrected chi connectivity index (χ3v) is 23.6. The van der Waals surface area contributed by atoms with Crippen LogP contribution in [0.1, 0.15) is 130 Å². The van der Waals surface area contributed by atoms with Gasteiger partial charge in [0.15, 0.2) is 30.1 Å². The molecule has 674 valence electrons. The maximum Gasteiger partial charge on any atom is 0.330 e. The minimum Gasteiger partial charge on any atom is -0.508 e. The van der Waals surface area contributed by atoms with Gasteiger partial charge in [-0.25, -0.2) is 4.79 Å². The van der Waals surface area contributed by atoms with Crippen LogP contribution in [0.3, 0.4) is 0 Å². The minimum atomic E-state index is -2.42. The fourth-order valence-corrected chi connectivity index (χ4v) is 16.9. The Hall–Kier alpha value is -10.2. The van der Waals surface area contributed by atoms with Crippen LogP contribution in [0.2, 0.25) is 10.0 Å². The predicted octanol–water partition coefficient (Wildman–Crippen LogP) is 0.666. The van der Waals surface area contributed by atoms with Gasteiger partial charge < -0.3 is 158 Å². The molecule has 15 rings (SSSR count). The average molecular weight is 1780 g/mol. The summed E-state index contributed by atoms with van der Waals surface area (Å²) in [4.78, 5) is 120. The van der Waals surface area contributed by atoms with Gasteiger partial charge in [0, 0.05) is 47.3 Å². The molecule has 125 heavy (non-hydrogen) atoms. The summed E-state index contributed by atoms with van der Waals surface area (Å²) in [6.07, 6.45) is -27.1. The second-order valence-electron chi connectivity index (χ2n) is 32.6. The Bertz CT molecular complexity index is 5000. The summed E-state index contributed by atoms with van der Waals surface area (Å²) in [6, 6.07) is 8.31. The van der Waals surface area contributed by atoms with E-state index >= 15 is 24.0 Å². The molecule has 24 N–H and O–H groups in total. The molecule has 6 aromatic rings. The third kappa shape index (κ3) is 20.4. The molecule has 4 fully saturated rings. The number of carboxylic acid groups (broad SMARTS) is 1. The molecule has 25 atom stereocenters. The summed E-state index contributed by atoms with van der Waals surface area (Å²) < 4.78 is 57.7. The lowest BCUT2D eigenvalue weighted by molar-refractivity contribution is -0.350. The number of aliphatic carboxylic acids is 1. The highest BCUT2D eigenvalue weighted by atomic mass is 35.5. The summed E-state index contributed by atoms with van der Waals surface area (Å²) in [5, 5.41) is 160. The zero-order chi connectivity index (χ0) is 90.1. The molecular weight excluding hydrogens is 1680 g/mol. The molecule has 0 spiro atoms. The zero-order valence-electron chi connectivity index (χ0n) is 67.9. The first-order chi connectivity index (χ1) is 59.4. The summed E-state index contributed by atoms with van der Waals surface area (Å²) in [5.41, 5.74) is 8.97. The van der Waals surface area contributed by atoms with Gasteiger partial charge in [-0.2, -0.15) is 0 Å². The molecule has 0 aromatic heterocycles. The van der Waals surface area contributed by atoms with Crippen LogP contribution in [0.25, 0.3) is 11.1 Å². The third-order valence-electron chi connectivity index (χ3n) is 23.0. The molecule has 8 aliphatic heterocycles. The van der Waals surface area contributed by atoms with E-state index in [1.807, 2.05) is 44.2 Å². The Balaban J connectivity index is 0.968. The van der Waals surface area contributed by atoms with Gasteiger partial charge in [0.25, 0.3) is 0 Å². The van der Waals surface area contributed by atoms with Gasteiger partial charge in [0.1, 0.15) is 120 Å². The average Bonchev–Trinajstić information content (AvgIpc) is 0.857. The number of phenols is 3. The van der Waals surface area contributed by atoms with Crippen molar-refractivity contribution < 1.29 is 142 Å². The molecule has 11 bridgehead atoms. The van der Waals surface area contributed by atoms with E-state index in [1.54, 1.807) is 0 Å². The van der Waals surface area contributed by atoms with E-state index in [1.165, 1.54) is 33.0 Å². The number of halogens is 2. The van der Waals surface area contributed by atoms with E-state index in [-0.39, 0.29) is 54.1 Å². The number of rotatable bonds is 21. The summed E-state index contributed by atoms with van der Waals surface area (Å²) in [5.74, 6) is -16.6. The molecule has 41 heteroatoms. The normalized spacial score (nSPS) is 31.6. The lowest BCUT2D eigenvalue weighted by atomic mass is 9.86. The van der Waals surface area contributed by atoms with Crippen LogP contribution in [-0.4, -0.2) is 251 Å². The fourth-order valence-electron chi connectivity index (χ4n) is 16.4. The molecule has 6 aromatic carbocycles. The number of carboxylic acids is 1. The van der Waals surface area contributed by atoms with Crippen LogP contribution in [0.5, 0.6) is 46.0 Å². The van der Waals surface area contributed by atoms with E-state index in [0.717, 1.165) is 78.7 Å². The van der Waals surface area contributed by atoms with Crippen molar-refractivity contribution >= 4 is 70.5 Å². The molecule has 0 radical (unpaired) electrons. The van der Waals surface area contributed by atoms with Crippen LogP contribution in [0.15, 0.2) is 109 Å². The number of aliphatic hydroxyl groups is 8. The minimum absolute atomic E-state index is 0.127. The van der Waals surface area contributed by atoms with Crippen molar-refractivity contribution in [3.05, 3.63) is 153 Å². The Kier molecular flexibility index (Phi) is 28.8. The molecule has 3 saturated heterocycles. The van der Waals surface area contributed by atoms with Crippen molar-refractivity contribution in [1.29, 1.82) is 0 Å². The van der Waals surface area contributed by atoms with E-state index in [2.05, 4.69) is 42.5 Å². The molecule has 8 heterocycles. The van der Waals surface area contributed by atoms with Crippen molar-refractivity contribution in [2.24, 2.45) is 17.4 Å². The van der Waals surface area contributed by atoms with E-state index in [9.17, 15) is 75.7 Å². The number of phenolic OH excluding ortho intramolecular Hbond substituents is 3. The van der Waals surface area contributed by atoms with Crippen LogP contribution in [-0.2, 0) is 73.4 Å². The number of nitrogens with two attached hydrogens (primary N) is 2. The Labute approximate surface area is 724 Å². The molecule has 9 aliphatic rings. The van der Waals surface area contributed by atoms with Gasteiger partial charge in [0.2, 0.25) is 53.4 Å². The molecule has 1 saturated carbocycles. The van der Waals surface area contributed by atoms with E-state index in [0.29, 0.717) is 19.4 Å². The Morgan fingerprint density at radius 1 is 0.664 bits per heavy atom. The van der Waals surface area contributed by atoms with Gasteiger partial charge in [-0.3, -0.25) is 33.6 Å². The van der Waals surface area contributed by atoms with Crippen LogP contribution < -0.4 is 68.2 Å². The van der Waals surface area contributed by atoms with Gasteiger partial charge in [-0.1, -0.05) is 85.6 Å². The number of ether oxygens (including phenoxy) is 9. The SMILES string of the molecule is CN[C@H](CC(C)C)C(=O)NC1C(=O)NC(CC(N)=O)C(=O)N[C@H]2C(=O)NC3C(=O)N[C@H](C(=O)NC(C(=O)O)c4cc(O)cc(O)c4-c4cc3ccc4O)[C@H](O[C@H]3C[C@](C)(N)[C@@H](O)[C@H](C)O3)c3ccc(c(Cl)c3)Oc3cc2cc(c3O[C@@H]2O[C@H](CO)[C@@H](O[C@@H]3O[C@H](CNC4CCC[C@H]4OCc4ccccc4)[C@H](O)[C@H](O)[C@H]3O)[C@H](O)[C@H]2O)Oc2ccc(cc2Cl)[C@H]1O. The largest absolute Gasteiger partial charge is 0.508 e. The second kappa shape index (κ2) is 38.9. The Morgan fingerprint density at radius 3 is 1.95 bits per heavy atom. The monoisotopic (exact) mass is 1780 g/mol. The number of benzene rings is 6. The number of hydrogen-bond donors (Lipinski definition) is 22. The molecule has 7 amide bonds. The lowest BCUT2D eigenvalue weighted by Crippen LogP contribution is -2.65. The first-order valence-electron chi connectivity index (χ1n) is 40.4. The van der Waals surface area contributed by atoms with Crippen molar-refractivity contribution in [2.45, 2.75) is 225 Å². The van der Waals surface area contributed by atoms with Crippen molar-refractivity contribution in [3.8, 4) is 57.1 Å². The van der Waals surface area contributed by atoms with Gasteiger partial charge in [0.05, 0.1) is 54.0 Å². The summed E-state index contributed by atoms with van der Waals surface area (Å²) in [6.45, 7) is 5.62. The quantitative estimate of drug-likeness (QED) is 0.0471. The van der Waals surface area contributed by atoms with Crippen LogP contribution in [0.4, 0.5) is 0 Å². The first kappa shape index (κ1) is 92.4. The van der Waals surface area contributed by atoms with E-state index < -0.39 is 279 Å². The second-order valence-corrected chi connectivity index (χ2v) is 33.4. The number of carbonyl (C=O) groups is 8. The number of likely N-dealkylation sites (N-methyl/N-ethyl adjacent to an activating group) is 1. The number of fused-ring (bicyclic) bond motifs is 15. The molecule has 1 aliphatic carbocycles. The lowest BCUT2D eigenvalue weighted by Gasteiger charge is -2.46. The fraction of sp³-hybridized carbons (Fsp3) is 0.476. The summed E-state index contributed by atoms with van der Waals surface area (Å²) in [7, 11) is 1.46. The number of amides is 7. The molecule has 5 unspecified atom stereocenters. The van der Waals surface area contributed by atoms with Gasteiger partial charge >= 0.3 is 5.97 Å². The molecule has 39 nitrogen and oxygen atoms in total. The van der Waals surface area contributed by atoms with Crippen molar-refractivity contribution in [2.75, 3.05) is 20.2 Å². The standard InChI is InChI=1S/C84H100Cl2N10O29/c1-33(2)20-46(89-5)75(109)95-63-65(102)37-15-18-50(43(85)22-37)119-53-24-39-25-54(72(53)124-83-70(107)68(105)73(56(31-97)122-83)125-82-69(106)67(104)66(103)55(121-82)30-90-45-12-9-13-52(45)117-32-35-10-7-6-8-11-35)120-51-19-16-38(23-44(51)86)71(123-58-29-84(4,88)74(108)34(3)118-58)64-80(114)94-62(81(115)116)42-26-40(98)27-49(100)59(42)41-21-36(14-17-48(41)99)60(77(111)96-64)93-78(112)61(39)92-76(110)47(28-57(87)101)91-79(63)113/h6-8,10-11,14-19,21-27,33-34,45-47,52,55-56,58,60-71,73-74,82-83,89-90,97-100,102-108H,9,12-13,20,28-32,88H2,1-5H3,(H2,87,101)(H,91,113)(H,92,110)(H,93,112)(H,94,114)(H,95,109)(H,96,111)(H,115,116)/t34-,45?,46+,47?,52+,55+,56+,58-,60?,61+,62?,63?,64-,65+,66-,67-,68+,69+,70+,71+,73+,74-,82-,83-,84-/m0/s1. The van der Waals surface area contributed by atoms with Crippen molar-refractivity contribution in [3.63, 3.8) is 0 Å². The highest BCUT2D eigenvalue weighted by molar-refractivity contribution is 6.32. The van der Waals surface area contributed by atoms with Gasteiger partial charge in [-0.05, 0) is 135 Å². The van der Waals surface area contributed by atoms with E-state index in [4.69, 9.17) is 77.3 Å². The predicted molar refractivity (Wildman–Crippen MR) is 436 cm³/mol. The number of primary amides is 1. The van der Waals surface area contributed by atoms with Gasteiger partial charge in [-0.15, -0.1) is 0 Å². The number of carbonyl (C=O) groups excluding carboxylic acids is 7. The number of hydrogen-bond acceptors (Lipinski definition) is 31. The molecular formula is C84H100Cl2N10O29. The topological polar surface area (TPSA) is 611 Å².